The summed E-state index contributed by atoms with van der Waals surface area (Å²) in [7, 11) is 0. The van der Waals surface area contributed by atoms with Crippen LogP contribution in [0.2, 0.25) is 0 Å². The minimum absolute atomic E-state index is 0.491. The number of hydrogen-bond acceptors (Lipinski definition) is 4. The van der Waals surface area contributed by atoms with E-state index in [1.165, 1.54) is 0 Å². The SMILES string of the molecule is CCn1cnnc1COCCN. The van der Waals surface area contributed by atoms with Crippen molar-refractivity contribution in [2.24, 2.45) is 5.73 Å². The Morgan fingerprint density at radius 3 is 3.17 bits per heavy atom. The molecule has 2 N–H and O–H groups in total. The Balaban J connectivity index is 2.39. The van der Waals surface area contributed by atoms with Crippen LogP contribution in [0.3, 0.4) is 0 Å². The van der Waals surface area contributed by atoms with Gasteiger partial charge in [-0.15, -0.1) is 10.2 Å². The number of hydrogen-bond donors (Lipinski definition) is 1. The molecule has 0 aliphatic heterocycles. The number of nitrogens with zero attached hydrogens (tertiary/aromatic N) is 3. The zero-order valence-electron chi connectivity index (χ0n) is 7.23. The molecule has 1 rings (SSSR count). The summed E-state index contributed by atoms with van der Waals surface area (Å²) in [5.41, 5.74) is 5.27. The maximum atomic E-state index is 5.27. The molecular formula is C7H14N4O. The van der Waals surface area contributed by atoms with Crippen LogP contribution in [0.1, 0.15) is 12.7 Å². The molecular weight excluding hydrogens is 156 g/mol. The molecule has 0 fully saturated rings. The van der Waals surface area contributed by atoms with Gasteiger partial charge < -0.3 is 15.0 Å². The highest BCUT2D eigenvalue weighted by Crippen LogP contribution is 1.96. The van der Waals surface area contributed by atoms with E-state index in [-0.39, 0.29) is 0 Å². The topological polar surface area (TPSA) is 66.0 Å². The lowest BCUT2D eigenvalue weighted by atomic mass is 10.6. The van der Waals surface area contributed by atoms with Crippen LogP contribution in [0.15, 0.2) is 6.33 Å². The Bertz CT molecular complexity index is 223. The van der Waals surface area contributed by atoms with Gasteiger partial charge in [0.25, 0.3) is 0 Å². The van der Waals surface area contributed by atoms with Crippen LogP contribution in [0.4, 0.5) is 0 Å². The molecule has 5 nitrogen and oxygen atoms in total. The van der Waals surface area contributed by atoms with Crippen LogP contribution in [0, 0.1) is 0 Å². The fraction of sp³-hybridized carbons (Fsp3) is 0.714. The Morgan fingerprint density at radius 2 is 2.50 bits per heavy atom. The molecule has 0 bridgehead atoms. The van der Waals surface area contributed by atoms with Crippen molar-refractivity contribution in [2.75, 3.05) is 13.2 Å². The van der Waals surface area contributed by atoms with Crippen LogP contribution >= 0.6 is 0 Å². The summed E-state index contributed by atoms with van der Waals surface area (Å²) in [5, 5.41) is 7.68. The lowest BCUT2D eigenvalue weighted by Gasteiger charge is -2.02. The summed E-state index contributed by atoms with van der Waals surface area (Å²) >= 11 is 0. The first-order chi connectivity index (χ1) is 5.88. The lowest BCUT2D eigenvalue weighted by Crippen LogP contribution is -2.10. The first kappa shape index (κ1) is 9.15. The molecule has 0 atom stereocenters. The fourth-order valence-electron chi connectivity index (χ4n) is 0.902. The van der Waals surface area contributed by atoms with Gasteiger partial charge in [-0.25, -0.2) is 0 Å². The highest BCUT2D eigenvalue weighted by molar-refractivity contribution is 4.81. The molecule has 1 aromatic rings. The van der Waals surface area contributed by atoms with Gasteiger partial charge in [-0.2, -0.15) is 0 Å². The number of aryl methyl sites for hydroxylation is 1. The van der Waals surface area contributed by atoms with Crippen molar-refractivity contribution in [3.63, 3.8) is 0 Å². The van der Waals surface area contributed by atoms with Crippen molar-refractivity contribution in [1.29, 1.82) is 0 Å². The quantitative estimate of drug-likeness (QED) is 0.620. The van der Waals surface area contributed by atoms with Gasteiger partial charge >= 0.3 is 0 Å². The van der Waals surface area contributed by atoms with Crippen LogP contribution in [0.5, 0.6) is 0 Å². The predicted molar refractivity (Wildman–Crippen MR) is 44.4 cm³/mol. The van der Waals surface area contributed by atoms with E-state index in [9.17, 15) is 0 Å². The van der Waals surface area contributed by atoms with E-state index in [1.54, 1.807) is 6.33 Å². The summed E-state index contributed by atoms with van der Waals surface area (Å²) in [5.74, 6) is 0.853. The van der Waals surface area contributed by atoms with E-state index >= 15 is 0 Å². The molecule has 0 aliphatic rings. The van der Waals surface area contributed by atoms with Gasteiger partial charge in [-0.05, 0) is 6.92 Å². The molecule has 68 valence electrons. The third kappa shape index (κ3) is 2.28. The largest absolute Gasteiger partial charge is 0.372 e. The van der Waals surface area contributed by atoms with Crippen molar-refractivity contribution in [2.45, 2.75) is 20.1 Å². The normalized spacial score (nSPS) is 10.5. The molecule has 12 heavy (non-hydrogen) atoms. The summed E-state index contributed by atoms with van der Waals surface area (Å²) in [6.45, 7) is 4.51. The van der Waals surface area contributed by atoms with Crippen LogP contribution in [0.25, 0.3) is 0 Å². The molecule has 1 heterocycles. The molecule has 0 amide bonds. The second kappa shape index (κ2) is 4.84. The summed E-state index contributed by atoms with van der Waals surface area (Å²) in [6.07, 6.45) is 1.70. The molecule has 1 aromatic heterocycles. The Hall–Kier alpha value is -0.940. The number of ether oxygens (including phenoxy) is 1. The van der Waals surface area contributed by atoms with Gasteiger partial charge in [0.2, 0.25) is 0 Å². The molecule has 0 aromatic carbocycles. The zero-order chi connectivity index (χ0) is 8.81. The van der Waals surface area contributed by atoms with Crippen LogP contribution in [-0.4, -0.2) is 27.9 Å². The van der Waals surface area contributed by atoms with E-state index in [2.05, 4.69) is 10.2 Å². The molecule has 0 unspecified atom stereocenters. The Kier molecular flexibility index (Phi) is 3.69. The average molecular weight is 170 g/mol. The van der Waals surface area contributed by atoms with E-state index in [0.29, 0.717) is 19.8 Å². The third-order valence-electron chi connectivity index (χ3n) is 1.53. The van der Waals surface area contributed by atoms with E-state index < -0.39 is 0 Å². The molecule has 0 saturated carbocycles. The van der Waals surface area contributed by atoms with Crippen LogP contribution in [-0.2, 0) is 17.9 Å². The van der Waals surface area contributed by atoms with Crippen molar-refractivity contribution in [3.05, 3.63) is 12.2 Å². The van der Waals surface area contributed by atoms with Crippen molar-refractivity contribution in [3.8, 4) is 0 Å². The van der Waals surface area contributed by atoms with Crippen molar-refractivity contribution < 1.29 is 4.74 Å². The highest BCUT2D eigenvalue weighted by Gasteiger charge is 2.00. The van der Waals surface area contributed by atoms with E-state index in [1.807, 2.05) is 11.5 Å². The average Bonchev–Trinajstić information content (AvgIpc) is 2.52. The maximum Gasteiger partial charge on any atom is 0.158 e. The van der Waals surface area contributed by atoms with Gasteiger partial charge in [-0.3, -0.25) is 0 Å². The monoisotopic (exact) mass is 170 g/mol. The minimum atomic E-state index is 0.491. The highest BCUT2D eigenvalue weighted by atomic mass is 16.5. The summed E-state index contributed by atoms with van der Waals surface area (Å²) < 4.78 is 7.16. The smallest absolute Gasteiger partial charge is 0.158 e. The van der Waals surface area contributed by atoms with Crippen molar-refractivity contribution >= 4 is 0 Å². The van der Waals surface area contributed by atoms with Gasteiger partial charge in [0.1, 0.15) is 12.9 Å². The molecule has 5 heteroatoms. The fourth-order valence-corrected chi connectivity index (χ4v) is 0.902. The number of nitrogens with two attached hydrogens (primary N) is 1. The maximum absolute atomic E-state index is 5.27. The van der Waals surface area contributed by atoms with Gasteiger partial charge in [0, 0.05) is 13.1 Å². The number of aromatic nitrogens is 3. The van der Waals surface area contributed by atoms with Crippen molar-refractivity contribution in [1.82, 2.24) is 14.8 Å². The van der Waals surface area contributed by atoms with E-state index in [4.69, 9.17) is 10.5 Å². The third-order valence-corrected chi connectivity index (χ3v) is 1.53. The molecule has 0 saturated heterocycles. The molecule has 0 spiro atoms. The first-order valence-electron chi connectivity index (χ1n) is 4.03. The van der Waals surface area contributed by atoms with Gasteiger partial charge in [0.05, 0.1) is 6.61 Å². The zero-order valence-corrected chi connectivity index (χ0v) is 7.23. The second-order valence-electron chi connectivity index (χ2n) is 2.37. The lowest BCUT2D eigenvalue weighted by molar-refractivity contribution is 0.120. The molecule has 0 radical (unpaired) electrons. The van der Waals surface area contributed by atoms with E-state index in [0.717, 1.165) is 12.4 Å². The number of rotatable bonds is 5. The second-order valence-corrected chi connectivity index (χ2v) is 2.37. The van der Waals surface area contributed by atoms with Gasteiger partial charge in [-0.1, -0.05) is 0 Å². The van der Waals surface area contributed by atoms with Gasteiger partial charge in [0.15, 0.2) is 5.82 Å². The Morgan fingerprint density at radius 1 is 1.67 bits per heavy atom. The minimum Gasteiger partial charge on any atom is -0.372 e. The standard InChI is InChI=1S/C7H14N4O/c1-2-11-6-9-10-7(11)5-12-4-3-8/h6H,2-5,8H2,1H3. The molecule has 0 aliphatic carbocycles. The summed E-state index contributed by atoms with van der Waals surface area (Å²) in [4.78, 5) is 0. The van der Waals surface area contributed by atoms with Crippen LogP contribution < -0.4 is 5.73 Å². The predicted octanol–water partition coefficient (Wildman–Crippen LogP) is -0.227. The summed E-state index contributed by atoms with van der Waals surface area (Å²) in [6, 6.07) is 0. The first-order valence-corrected chi connectivity index (χ1v) is 4.03. The Labute approximate surface area is 71.5 Å².